The highest BCUT2D eigenvalue weighted by atomic mass is 32.2. The van der Waals surface area contributed by atoms with Crippen molar-refractivity contribution in [2.45, 2.75) is 30.7 Å². The van der Waals surface area contributed by atoms with Gasteiger partial charge >= 0.3 is 5.97 Å². The molecule has 1 fully saturated rings. The van der Waals surface area contributed by atoms with Crippen LogP contribution in [0.25, 0.3) is 11.5 Å². The van der Waals surface area contributed by atoms with Crippen molar-refractivity contribution in [3.05, 3.63) is 29.3 Å². The lowest BCUT2D eigenvalue weighted by Gasteiger charge is -2.01. The Morgan fingerprint density at radius 3 is 2.80 bits per heavy atom. The average molecular weight is 290 g/mol. The second kappa shape index (κ2) is 5.28. The van der Waals surface area contributed by atoms with Gasteiger partial charge in [-0.2, -0.15) is 0 Å². The summed E-state index contributed by atoms with van der Waals surface area (Å²) in [5, 5.41) is 8.19. The van der Waals surface area contributed by atoms with Crippen molar-refractivity contribution in [1.29, 1.82) is 0 Å². The third-order valence-electron chi connectivity index (χ3n) is 3.29. The summed E-state index contributed by atoms with van der Waals surface area (Å²) < 4.78 is 10.5. The number of nitrogens with zero attached hydrogens (tertiary/aromatic N) is 2. The molecule has 0 radical (unpaired) electrons. The van der Waals surface area contributed by atoms with Crippen molar-refractivity contribution in [3.8, 4) is 11.5 Å². The summed E-state index contributed by atoms with van der Waals surface area (Å²) in [6.45, 7) is 4.56. The van der Waals surface area contributed by atoms with Crippen LogP contribution in [-0.2, 0) is 9.53 Å². The molecule has 20 heavy (non-hydrogen) atoms. The third-order valence-corrected chi connectivity index (χ3v) is 4.37. The van der Waals surface area contributed by atoms with E-state index < -0.39 is 0 Å². The number of hydrogen-bond acceptors (Lipinski definition) is 6. The molecular formula is C14H14N2O3S. The van der Waals surface area contributed by atoms with Gasteiger partial charge in [0.2, 0.25) is 5.89 Å². The Kier molecular flexibility index (Phi) is 3.48. The molecule has 104 valence electrons. The molecule has 3 rings (SSSR count). The zero-order valence-corrected chi connectivity index (χ0v) is 12.1. The summed E-state index contributed by atoms with van der Waals surface area (Å²) in [5.74, 6) is 0.267. The van der Waals surface area contributed by atoms with Crippen LogP contribution in [0.15, 0.2) is 27.8 Å². The summed E-state index contributed by atoms with van der Waals surface area (Å²) in [5.41, 5.74) is 3.28. The first kappa shape index (κ1) is 13.2. The summed E-state index contributed by atoms with van der Waals surface area (Å²) in [4.78, 5) is 11.4. The fraction of sp³-hybridized carbons (Fsp3) is 0.357. The molecule has 1 saturated heterocycles. The zero-order chi connectivity index (χ0) is 14.1. The van der Waals surface area contributed by atoms with Gasteiger partial charge in [-0.25, -0.2) is 0 Å². The smallest absolute Gasteiger partial charge is 0.319 e. The van der Waals surface area contributed by atoms with Gasteiger partial charge in [0.1, 0.15) is 5.25 Å². The molecule has 0 saturated carbocycles. The molecule has 0 bridgehead atoms. The maximum Gasteiger partial charge on any atom is 0.319 e. The fourth-order valence-electron chi connectivity index (χ4n) is 1.95. The molecule has 0 amide bonds. The summed E-state index contributed by atoms with van der Waals surface area (Å²) in [6.07, 6.45) is 0.685. The quantitative estimate of drug-likeness (QED) is 0.810. The first-order valence-corrected chi connectivity index (χ1v) is 7.26. The van der Waals surface area contributed by atoms with E-state index in [1.165, 1.54) is 22.9 Å². The fourth-order valence-corrected chi connectivity index (χ4v) is 2.79. The van der Waals surface area contributed by atoms with Crippen LogP contribution in [0.4, 0.5) is 0 Å². The molecule has 1 atom stereocenters. The number of carbonyl (C=O) groups excluding carboxylic acids is 1. The van der Waals surface area contributed by atoms with E-state index in [9.17, 15) is 4.79 Å². The highest BCUT2D eigenvalue weighted by molar-refractivity contribution is 8.00. The van der Waals surface area contributed by atoms with E-state index >= 15 is 0 Å². The topological polar surface area (TPSA) is 65.2 Å². The SMILES string of the molecule is Cc1ccc(-c2nnc(SC3CCOC3=O)o2)cc1C. The predicted octanol–water partition coefficient (Wildman–Crippen LogP) is 2.76. The van der Waals surface area contributed by atoms with Crippen molar-refractivity contribution >= 4 is 17.7 Å². The van der Waals surface area contributed by atoms with Gasteiger partial charge in [-0.3, -0.25) is 4.79 Å². The summed E-state index contributed by atoms with van der Waals surface area (Å²) >= 11 is 1.27. The normalized spacial score (nSPS) is 18.3. The number of thioether (sulfide) groups is 1. The summed E-state index contributed by atoms with van der Waals surface area (Å²) in [6, 6.07) is 5.99. The highest BCUT2D eigenvalue weighted by Crippen LogP contribution is 2.30. The van der Waals surface area contributed by atoms with E-state index in [0.29, 0.717) is 24.1 Å². The molecule has 0 N–H and O–H groups in total. The first-order chi connectivity index (χ1) is 9.63. The Hall–Kier alpha value is -1.82. The number of cyclic esters (lactones) is 1. The maximum atomic E-state index is 11.4. The van der Waals surface area contributed by atoms with E-state index in [2.05, 4.69) is 17.1 Å². The van der Waals surface area contributed by atoms with Gasteiger partial charge in [-0.05, 0) is 48.9 Å². The molecule has 1 aromatic heterocycles. The van der Waals surface area contributed by atoms with Gasteiger partial charge < -0.3 is 9.15 Å². The van der Waals surface area contributed by atoms with Crippen LogP contribution >= 0.6 is 11.8 Å². The lowest BCUT2D eigenvalue weighted by Crippen LogP contribution is -2.09. The zero-order valence-electron chi connectivity index (χ0n) is 11.3. The van der Waals surface area contributed by atoms with Crippen molar-refractivity contribution in [1.82, 2.24) is 10.2 Å². The van der Waals surface area contributed by atoms with Crippen LogP contribution in [0.5, 0.6) is 0 Å². The number of aryl methyl sites for hydroxylation is 2. The molecule has 1 aliphatic heterocycles. The van der Waals surface area contributed by atoms with Crippen molar-refractivity contribution in [2.24, 2.45) is 0 Å². The number of aromatic nitrogens is 2. The highest BCUT2D eigenvalue weighted by Gasteiger charge is 2.29. The van der Waals surface area contributed by atoms with E-state index in [4.69, 9.17) is 9.15 Å². The van der Waals surface area contributed by atoms with Crippen LogP contribution in [0.2, 0.25) is 0 Å². The lowest BCUT2D eigenvalue weighted by atomic mass is 10.1. The number of esters is 1. The van der Waals surface area contributed by atoms with Gasteiger partial charge in [0.05, 0.1) is 6.61 Å². The molecule has 0 aliphatic carbocycles. The van der Waals surface area contributed by atoms with Crippen LogP contribution in [0.1, 0.15) is 17.5 Å². The van der Waals surface area contributed by atoms with Gasteiger partial charge in [0.25, 0.3) is 5.22 Å². The largest absolute Gasteiger partial charge is 0.465 e. The van der Waals surface area contributed by atoms with Crippen LogP contribution < -0.4 is 0 Å². The first-order valence-electron chi connectivity index (χ1n) is 6.38. The lowest BCUT2D eigenvalue weighted by molar-refractivity contribution is -0.137. The molecule has 2 heterocycles. The molecule has 1 unspecified atom stereocenters. The minimum atomic E-state index is -0.233. The third kappa shape index (κ3) is 2.56. The van der Waals surface area contributed by atoms with Crippen molar-refractivity contribution < 1.29 is 13.9 Å². The second-order valence-electron chi connectivity index (χ2n) is 4.73. The number of ether oxygens (including phenoxy) is 1. The van der Waals surface area contributed by atoms with Crippen LogP contribution in [-0.4, -0.2) is 28.0 Å². The average Bonchev–Trinajstić information content (AvgIpc) is 3.04. The summed E-state index contributed by atoms with van der Waals surface area (Å²) in [7, 11) is 0. The van der Waals surface area contributed by atoms with Crippen LogP contribution in [0.3, 0.4) is 0 Å². The van der Waals surface area contributed by atoms with E-state index in [1.807, 2.05) is 25.1 Å². The molecular weight excluding hydrogens is 276 g/mol. The minimum absolute atomic E-state index is 0.207. The number of benzene rings is 1. The Labute approximate surface area is 120 Å². The predicted molar refractivity (Wildman–Crippen MR) is 74.4 cm³/mol. The molecule has 2 aromatic rings. The number of hydrogen-bond donors (Lipinski definition) is 0. The molecule has 0 spiro atoms. The monoisotopic (exact) mass is 290 g/mol. The molecule has 1 aliphatic rings. The van der Waals surface area contributed by atoms with Crippen molar-refractivity contribution in [3.63, 3.8) is 0 Å². The van der Waals surface area contributed by atoms with Gasteiger partial charge in [-0.15, -0.1) is 10.2 Å². The standard InChI is InChI=1S/C14H14N2O3S/c1-8-3-4-10(7-9(8)2)12-15-16-14(19-12)20-11-5-6-18-13(11)17/h3-4,7,11H,5-6H2,1-2H3. The maximum absolute atomic E-state index is 11.4. The van der Waals surface area contributed by atoms with E-state index in [0.717, 1.165) is 5.56 Å². The molecule has 5 nitrogen and oxygen atoms in total. The van der Waals surface area contributed by atoms with Gasteiger partial charge in [-0.1, -0.05) is 6.07 Å². The Morgan fingerprint density at radius 1 is 1.25 bits per heavy atom. The van der Waals surface area contributed by atoms with Crippen molar-refractivity contribution in [2.75, 3.05) is 6.61 Å². The molecule has 6 heteroatoms. The second-order valence-corrected chi connectivity index (χ2v) is 5.89. The Bertz CT molecular complexity index is 654. The van der Waals surface area contributed by atoms with Crippen LogP contribution in [0, 0.1) is 13.8 Å². The number of carbonyl (C=O) groups is 1. The minimum Gasteiger partial charge on any atom is -0.465 e. The number of rotatable bonds is 3. The van der Waals surface area contributed by atoms with E-state index in [1.54, 1.807) is 0 Å². The van der Waals surface area contributed by atoms with E-state index in [-0.39, 0.29) is 11.2 Å². The molecule has 1 aromatic carbocycles. The van der Waals surface area contributed by atoms with Gasteiger partial charge in [0, 0.05) is 12.0 Å². The Balaban J connectivity index is 1.79. The van der Waals surface area contributed by atoms with Gasteiger partial charge in [0.15, 0.2) is 0 Å². The Morgan fingerprint density at radius 2 is 2.10 bits per heavy atom.